The van der Waals surface area contributed by atoms with Crippen molar-refractivity contribution in [1.82, 2.24) is 0 Å². The number of methoxy groups -OCH3 is 2. The number of carbonyl (C=O) groups is 1. The summed E-state index contributed by atoms with van der Waals surface area (Å²) >= 11 is 0. The van der Waals surface area contributed by atoms with Crippen LogP contribution in [0.3, 0.4) is 0 Å². The van der Waals surface area contributed by atoms with E-state index < -0.39 is 5.97 Å². The van der Waals surface area contributed by atoms with Gasteiger partial charge in [-0.05, 0) is 97.6 Å². The van der Waals surface area contributed by atoms with E-state index >= 15 is 0 Å². The van der Waals surface area contributed by atoms with E-state index in [1.807, 2.05) is 0 Å². The fourth-order valence-corrected chi connectivity index (χ4v) is 6.78. The molecule has 0 spiro atoms. The fraction of sp³-hybridized carbons (Fsp3) is 0.500. The van der Waals surface area contributed by atoms with Gasteiger partial charge >= 0.3 is 5.97 Å². The summed E-state index contributed by atoms with van der Waals surface area (Å²) in [5, 5.41) is 9.19. The smallest absolute Gasteiger partial charge is 0.335 e. The molecule has 2 aromatic carbocycles. The van der Waals surface area contributed by atoms with Crippen LogP contribution >= 0.6 is 0 Å². The van der Waals surface area contributed by atoms with E-state index in [4.69, 9.17) is 14.2 Å². The molecule has 4 bridgehead atoms. The van der Waals surface area contributed by atoms with Crippen LogP contribution in [0.1, 0.15) is 60.0 Å². The third-order valence-corrected chi connectivity index (χ3v) is 7.68. The maximum atomic E-state index is 11.2. The molecule has 6 rings (SSSR count). The van der Waals surface area contributed by atoms with Gasteiger partial charge in [0.15, 0.2) is 11.5 Å². The van der Waals surface area contributed by atoms with Crippen LogP contribution in [0.25, 0.3) is 0 Å². The van der Waals surface area contributed by atoms with E-state index in [1.165, 1.54) is 63.3 Å². The zero-order valence-corrected chi connectivity index (χ0v) is 18.2. The van der Waals surface area contributed by atoms with Crippen molar-refractivity contribution < 1.29 is 24.1 Å². The summed E-state index contributed by atoms with van der Waals surface area (Å²) in [5.41, 5.74) is 2.87. The molecule has 4 aliphatic carbocycles. The molecule has 5 heteroatoms. The molecule has 31 heavy (non-hydrogen) atoms. The lowest BCUT2D eigenvalue weighted by molar-refractivity contribution is -0.00621. The molecule has 0 unspecified atom stereocenters. The number of rotatable bonds is 7. The summed E-state index contributed by atoms with van der Waals surface area (Å²) in [5.74, 6) is 3.58. The van der Waals surface area contributed by atoms with Gasteiger partial charge in [0.2, 0.25) is 0 Å². The average Bonchev–Trinajstić information content (AvgIpc) is 2.76. The standard InChI is InChI=1S/C26H30O5/c1-29-22-5-3-16(15-31-23-6-4-20(25(27)28)11-24(23)30-2)10-21(22)26-12-17-7-18(13-26)9-19(8-17)14-26/h3-6,10-11,17-19H,7-9,12-15H2,1-2H3,(H,27,28). The second kappa shape index (κ2) is 7.77. The van der Waals surface area contributed by atoms with Gasteiger partial charge in [0, 0.05) is 5.56 Å². The summed E-state index contributed by atoms with van der Waals surface area (Å²) in [6, 6.07) is 11.1. The summed E-state index contributed by atoms with van der Waals surface area (Å²) < 4.78 is 17.2. The lowest BCUT2D eigenvalue weighted by atomic mass is 9.48. The van der Waals surface area contributed by atoms with Crippen molar-refractivity contribution in [3.05, 3.63) is 53.1 Å². The average molecular weight is 423 g/mol. The van der Waals surface area contributed by atoms with E-state index in [1.54, 1.807) is 13.2 Å². The van der Waals surface area contributed by atoms with Gasteiger partial charge in [0.05, 0.1) is 19.8 Å². The molecule has 0 aliphatic heterocycles. The maximum Gasteiger partial charge on any atom is 0.335 e. The second-order valence-electron chi connectivity index (χ2n) is 9.69. The molecule has 1 N–H and O–H groups in total. The molecule has 0 amide bonds. The van der Waals surface area contributed by atoms with Crippen LogP contribution in [0.2, 0.25) is 0 Å². The molecule has 164 valence electrons. The summed E-state index contributed by atoms with van der Waals surface area (Å²) in [4.78, 5) is 11.2. The minimum atomic E-state index is -0.986. The van der Waals surface area contributed by atoms with Crippen molar-refractivity contribution in [1.29, 1.82) is 0 Å². The van der Waals surface area contributed by atoms with Gasteiger partial charge in [-0.3, -0.25) is 0 Å². The highest BCUT2D eigenvalue weighted by molar-refractivity contribution is 5.88. The van der Waals surface area contributed by atoms with E-state index in [0.717, 1.165) is 29.1 Å². The molecule has 0 aromatic heterocycles. The highest BCUT2D eigenvalue weighted by atomic mass is 16.5. The van der Waals surface area contributed by atoms with Crippen LogP contribution in [0.4, 0.5) is 0 Å². The number of ether oxygens (including phenoxy) is 3. The third-order valence-electron chi connectivity index (χ3n) is 7.68. The number of benzene rings is 2. The van der Waals surface area contributed by atoms with Crippen LogP contribution < -0.4 is 14.2 Å². The quantitative estimate of drug-likeness (QED) is 0.643. The lowest BCUT2D eigenvalue weighted by Gasteiger charge is -2.57. The minimum absolute atomic E-state index is 0.178. The van der Waals surface area contributed by atoms with Crippen molar-refractivity contribution in [2.45, 2.75) is 50.5 Å². The molecule has 0 radical (unpaired) electrons. The van der Waals surface area contributed by atoms with E-state index in [-0.39, 0.29) is 11.0 Å². The van der Waals surface area contributed by atoms with Crippen LogP contribution in [0.5, 0.6) is 17.2 Å². The summed E-state index contributed by atoms with van der Waals surface area (Å²) in [6.07, 6.45) is 8.09. The van der Waals surface area contributed by atoms with Crippen LogP contribution in [-0.2, 0) is 12.0 Å². The highest BCUT2D eigenvalue weighted by Crippen LogP contribution is 2.61. The third kappa shape index (κ3) is 3.64. The van der Waals surface area contributed by atoms with Crippen LogP contribution in [-0.4, -0.2) is 25.3 Å². The summed E-state index contributed by atoms with van der Waals surface area (Å²) in [7, 11) is 3.29. The Morgan fingerprint density at radius 2 is 1.52 bits per heavy atom. The SMILES string of the molecule is COc1cc(C(=O)O)ccc1OCc1ccc(OC)c(C23CC4CC(CC(C4)C2)C3)c1. The number of hydrogen-bond donors (Lipinski definition) is 1. The van der Waals surface area contributed by atoms with Crippen molar-refractivity contribution in [3.8, 4) is 17.2 Å². The minimum Gasteiger partial charge on any atom is -0.496 e. The van der Waals surface area contributed by atoms with Gasteiger partial charge in [0.1, 0.15) is 12.4 Å². The van der Waals surface area contributed by atoms with Crippen LogP contribution in [0, 0.1) is 17.8 Å². The monoisotopic (exact) mass is 422 g/mol. The molecule has 5 nitrogen and oxygen atoms in total. The van der Waals surface area contributed by atoms with E-state index in [2.05, 4.69) is 18.2 Å². The van der Waals surface area contributed by atoms with Crippen molar-refractivity contribution in [3.63, 3.8) is 0 Å². The van der Waals surface area contributed by atoms with E-state index in [0.29, 0.717) is 18.1 Å². The topological polar surface area (TPSA) is 65.0 Å². The van der Waals surface area contributed by atoms with Crippen molar-refractivity contribution >= 4 is 5.97 Å². The van der Waals surface area contributed by atoms with Gasteiger partial charge < -0.3 is 19.3 Å². The zero-order valence-electron chi connectivity index (χ0n) is 18.2. The predicted molar refractivity (Wildman–Crippen MR) is 117 cm³/mol. The maximum absolute atomic E-state index is 11.2. The molecule has 0 atom stereocenters. The van der Waals surface area contributed by atoms with Crippen molar-refractivity contribution in [2.75, 3.05) is 14.2 Å². The molecular weight excluding hydrogens is 392 g/mol. The van der Waals surface area contributed by atoms with E-state index in [9.17, 15) is 9.90 Å². The van der Waals surface area contributed by atoms with Crippen molar-refractivity contribution in [2.24, 2.45) is 17.8 Å². The Morgan fingerprint density at radius 3 is 2.10 bits per heavy atom. The number of carboxylic acids is 1. The molecule has 0 heterocycles. The zero-order chi connectivity index (χ0) is 21.6. The fourth-order valence-electron chi connectivity index (χ4n) is 6.78. The molecule has 4 aliphatic rings. The molecule has 4 fully saturated rings. The van der Waals surface area contributed by atoms with Gasteiger partial charge in [-0.1, -0.05) is 6.07 Å². The highest BCUT2D eigenvalue weighted by Gasteiger charge is 2.52. The second-order valence-corrected chi connectivity index (χ2v) is 9.69. The Kier molecular flexibility index (Phi) is 5.07. The van der Waals surface area contributed by atoms with Gasteiger partial charge in [-0.15, -0.1) is 0 Å². The number of carboxylic acid groups (broad SMARTS) is 1. The molecule has 4 saturated carbocycles. The first kappa shape index (κ1) is 20.2. The number of hydrogen-bond acceptors (Lipinski definition) is 4. The molecule has 2 aromatic rings. The Bertz CT molecular complexity index is 960. The Hall–Kier alpha value is -2.69. The Balaban J connectivity index is 1.40. The first-order valence-corrected chi connectivity index (χ1v) is 11.2. The first-order chi connectivity index (χ1) is 15.0. The lowest BCUT2D eigenvalue weighted by Crippen LogP contribution is -2.48. The Morgan fingerprint density at radius 1 is 0.903 bits per heavy atom. The van der Waals surface area contributed by atoms with Gasteiger partial charge in [-0.2, -0.15) is 0 Å². The van der Waals surface area contributed by atoms with Crippen LogP contribution in [0.15, 0.2) is 36.4 Å². The molecular formula is C26H30O5. The molecule has 0 saturated heterocycles. The normalized spacial score (nSPS) is 28.4. The Labute approximate surface area is 183 Å². The summed E-state index contributed by atoms with van der Waals surface area (Å²) in [6.45, 7) is 0.395. The number of aromatic carboxylic acids is 1. The first-order valence-electron chi connectivity index (χ1n) is 11.2. The predicted octanol–water partition coefficient (Wildman–Crippen LogP) is 5.45. The van der Waals surface area contributed by atoms with Gasteiger partial charge in [0.25, 0.3) is 0 Å². The largest absolute Gasteiger partial charge is 0.496 e. The van der Waals surface area contributed by atoms with Gasteiger partial charge in [-0.25, -0.2) is 4.79 Å².